The van der Waals surface area contributed by atoms with Crippen molar-refractivity contribution >= 4 is 28.5 Å². The fraction of sp³-hybridized carbons (Fsp3) is 0.273. The Bertz CT molecular complexity index is 1160. The van der Waals surface area contributed by atoms with E-state index < -0.39 is 5.97 Å². The van der Waals surface area contributed by atoms with Crippen LogP contribution in [0.15, 0.2) is 45.6 Å². The molecule has 3 aromatic rings. The molecule has 7 nitrogen and oxygen atoms in total. The lowest BCUT2D eigenvalue weighted by Crippen LogP contribution is -2.25. The molecular weight excluding hydrogens is 412 g/mol. The molecule has 0 atom stereocenters. The second-order valence-electron chi connectivity index (χ2n) is 6.91. The molecule has 0 unspecified atom stereocenters. The molecule has 1 aliphatic carbocycles. The Morgan fingerprint density at radius 3 is 2.50 bits per heavy atom. The van der Waals surface area contributed by atoms with Crippen molar-refractivity contribution in [2.24, 2.45) is 5.92 Å². The molecule has 1 fully saturated rings. The van der Waals surface area contributed by atoms with E-state index in [1.807, 2.05) is 0 Å². The lowest BCUT2D eigenvalue weighted by Gasteiger charge is -2.22. The van der Waals surface area contributed by atoms with Crippen LogP contribution in [-0.4, -0.2) is 20.2 Å². The quantitative estimate of drug-likeness (QED) is 0.411. The predicted octanol–water partition coefficient (Wildman–Crippen LogP) is 4.77. The molecule has 1 saturated carbocycles. The van der Waals surface area contributed by atoms with E-state index in [1.54, 1.807) is 24.3 Å². The van der Waals surface area contributed by atoms with Crippen LogP contribution < -0.4 is 19.8 Å². The third kappa shape index (κ3) is 3.68. The van der Waals surface area contributed by atoms with Crippen LogP contribution >= 0.6 is 11.6 Å². The second-order valence-corrected chi connectivity index (χ2v) is 7.32. The van der Waals surface area contributed by atoms with Gasteiger partial charge in [-0.1, -0.05) is 24.1 Å². The smallest absolute Gasteiger partial charge is 0.358 e. The molecular formula is C22H19ClO7. The van der Waals surface area contributed by atoms with Crippen LogP contribution in [0.3, 0.4) is 0 Å². The molecule has 1 heterocycles. The molecule has 2 aromatic carbocycles. The van der Waals surface area contributed by atoms with Gasteiger partial charge in [0.2, 0.25) is 5.75 Å². The first-order chi connectivity index (χ1) is 14.5. The Labute approximate surface area is 177 Å². The third-order valence-corrected chi connectivity index (χ3v) is 5.41. The molecule has 30 heavy (non-hydrogen) atoms. The van der Waals surface area contributed by atoms with Gasteiger partial charge in [-0.2, -0.15) is 0 Å². The number of rotatable bonds is 6. The highest BCUT2D eigenvalue weighted by atomic mass is 35.5. The van der Waals surface area contributed by atoms with Crippen molar-refractivity contribution in [1.29, 1.82) is 0 Å². The van der Waals surface area contributed by atoms with Crippen LogP contribution in [0.1, 0.15) is 19.3 Å². The number of carbonyl (C=O) groups is 1. The topological polar surface area (TPSA) is 84.2 Å². The minimum absolute atomic E-state index is 0.142. The summed E-state index contributed by atoms with van der Waals surface area (Å²) in [5, 5.41) is 0.675. The summed E-state index contributed by atoms with van der Waals surface area (Å²) in [6.07, 6.45) is 2.58. The zero-order chi connectivity index (χ0) is 21.3. The molecule has 0 aliphatic heterocycles. The molecule has 1 aliphatic rings. The van der Waals surface area contributed by atoms with Gasteiger partial charge in [0.1, 0.15) is 11.5 Å². The van der Waals surface area contributed by atoms with Gasteiger partial charge in [0.05, 0.1) is 36.1 Å². The summed E-state index contributed by atoms with van der Waals surface area (Å²) >= 11 is 6.21. The Hall–Kier alpha value is -3.19. The van der Waals surface area contributed by atoms with E-state index in [9.17, 15) is 9.59 Å². The largest absolute Gasteiger partial charge is 0.496 e. The highest BCUT2D eigenvalue weighted by Gasteiger charge is 2.28. The minimum atomic E-state index is -0.426. The van der Waals surface area contributed by atoms with E-state index in [4.69, 9.17) is 35.3 Å². The van der Waals surface area contributed by atoms with E-state index in [1.165, 1.54) is 26.4 Å². The van der Waals surface area contributed by atoms with E-state index in [2.05, 4.69) is 0 Å². The van der Waals surface area contributed by atoms with Crippen LogP contribution in [0.5, 0.6) is 17.2 Å². The molecule has 156 valence electrons. The van der Waals surface area contributed by atoms with Crippen LogP contribution in [0.2, 0.25) is 5.02 Å². The van der Waals surface area contributed by atoms with Gasteiger partial charge in [0, 0.05) is 18.2 Å². The van der Waals surface area contributed by atoms with Gasteiger partial charge in [-0.15, -0.1) is 0 Å². The summed E-state index contributed by atoms with van der Waals surface area (Å²) in [4.78, 5) is 34.8. The van der Waals surface area contributed by atoms with Crippen molar-refractivity contribution in [2.75, 3.05) is 14.2 Å². The van der Waals surface area contributed by atoms with E-state index in [0.717, 1.165) is 19.3 Å². The highest BCUT2D eigenvalue weighted by Crippen LogP contribution is 2.41. The number of methoxy groups -OCH3 is 2. The number of fused-ring (bicyclic) bond motifs is 1. The number of para-hydroxylation sites is 1. The fourth-order valence-corrected chi connectivity index (χ4v) is 3.41. The van der Waals surface area contributed by atoms with Gasteiger partial charge in [-0.25, -0.2) is 9.68 Å². The SMILES string of the molecule is COc1cc(OC)c(-c2cc(=O)c3cccc(Cl)c3o2)cc1OOC(=O)C1CCC1. The molecule has 0 amide bonds. The zero-order valence-electron chi connectivity index (χ0n) is 16.4. The summed E-state index contributed by atoms with van der Waals surface area (Å²) < 4.78 is 16.7. The monoisotopic (exact) mass is 430 g/mol. The lowest BCUT2D eigenvalue weighted by molar-refractivity contribution is -0.221. The van der Waals surface area contributed by atoms with Gasteiger partial charge < -0.3 is 13.9 Å². The first-order valence-electron chi connectivity index (χ1n) is 9.39. The second kappa shape index (κ2) is 8.28. The number of carbonyl (C=O) groups excluding carboxylic acids is 1. The van der Waals surface area contributed by atoms with Gasteiger partial charge in [-0.3, -0.25) is 9.68 Å². The van der Waals surface area contributed by atoms with Crippen molar-refractivity contribution in [3.63, 3.8) is 0 Å². The van der Waals surface area contributed by atoms with Crippen LogP contribution in [0.4, 0.5) is 0 Å². The van der Waals surface area contributed by atoms with Crippen molar-refractivity contribution < 1.29 is 28.5 Å². The van der Waals surface area contributed by atoms with E-state index in [0.29, 0.717) is 21.7 Å². The summed E-state index contributed by atoms with van der Waals surface area (Å²) in [5.74, 6) is 0.453. The molecule has 0 radical (unpaired) electrons. The Balaban J connectivity index is 1.77. The maximum atomic E-state index is 12.6. The van der Waals surface area contributed by atoms with Gasteiger partial charge in [0.15, 0.2) is 16.8 Å². The molecule has 0 bridgehead atoms. The Morgan fingerprint density at radius 1 is 1.07 bits per heavy atom. The standard InChI is InChI=1S/C22H19ClO7/c1-26-17-11-19(27-2)20(29-30-22(25)12-5-3-6-12)9-14(17)18-10-16(24)13-7-4-8-15(23)21(13)28-18/h4,7-12H,3,5-6H2,1-2H3. The van der Waals surface area contributed by atoms with Gasteiger partial charge in [-0.05, 0) is 25.0 Å². The van der Waals surface area contributed by atoms with Crippen LogP contribution in [0, 0.1) is 5.92 Å². The molecule has 1 aromatic heterocycles. The van der Waals surface area contributed by atoms with Crippen molar-refractivity contribution in [1.82, 2.24) is 0 Å². The van der Waals surface area contributed by atoms with E-state index >= 15 is 0 Å². The van der Waals surface area contributed by atoms with Gasteiger partial charge in [0.25, 0.3) is 0 Å². The normalized spacial score (nSPS) is 13.6. The molecule has 8 heteroatoms. The maximum absolute atomic E-state index is 12.6. The zero-order valence-corrected chi connectivity index (χ0v) is 17.2. The number of halogens is 1. The molecule has 4 rings (SSSR count). The molecule has 0 N–H and O–H groups in total. The molecule has 0 saturated heterocycles. The highest BCUT2D eigenvalue weighted by molar-refractivity contribution is 6.34. The van der Waals surface area contributed by atoms with Crippen molar-refractivity contribution in [2.45, 2.75) is 19.3 Å². The Kier molecular flexibility index (Phi) is 5.55. The first kappa shape index (κ1) is 20.1. The maximum Gasteiger partial charge on any atom is 0.358 e. The van der Waals surface area contributed by atoms with Crippen molar-refractivity contribution in [3.8, 4) is 28.6 Å². The molecule has 0 spiro atoms. The van der Waals surface area contributed by atoms with Crippen molar-refractivity contribution in [3.05, 3.63) is 51.6 Å². The predicted molar refractivity (Wildman–Crippen MR) is 110 cm³/mol. The van der Waals surface area contributed by atoms with Crippen LogP contribution in [-0.2, 0) is 9.68 Å². The summed E-state index contributed by atoms with van der Waals surface area (Å²) in [7, 11) is 2.92. The van der Waals surface area contributed by atoms with Crippen LogP contribution in [0.25, 0.3) is 22.3 Å². The fourth-order valence-electron chi connectivity index (χ4n) is 3.20. The summed E-state index contributed by atoms with van der Waals surface area (Å²) in [6.45, 7) is 0. The Morgan fingerprint density at radius 2 is 1.83 bits per heavy atom. The summed E-state index contributed by atoms with van der Waals surface area (Å²) in [6, 6.07) is 9.36. The number of hydrogen-bond acceptors (Lipinski definition) is 7. The third-order valence-electron chi connectivity index (χ3n) is 5.11. The first-order valence-corrected chi connectivity index (χ1v) is 9.76. The number of hydrogen-bond donors (Lipinski definition) is 0. The number of ether oxygens (including phenoxy) is 2. The minimum Gasteiger partial charge on any atom is -0.496 e. The summed E-state index contributed by atoms with van der Waals surface area (Å²) in [5.41, 5.74) is 0.413. The van der Waals surface area contributed by atoms with Gasteiger partial charge >= 0.3 is 5.97 Å². The average molecular weight is 431 g/mol. The number of benzene rings is 2. The average Bonchev–Trinajstić information content (AvgIpc) is 2.71. The van der Waals surface area contributed by atoms with E-state index in [-0.39, 0.29) is 34.2 Å². The lowest BCUT2D eigenvalue weighted by atomic mass is 9.86.